The van der Waals surface area contributed by atoms with Crippen LogP contribution in [0.15, 0.2) is 61.1 Å². The third kappa shape index (κ3) is 3.48. The summed E-state index contributed by atoms with van der Waals surface area (Å²) in [5, 5.41) is 7.09. The van der Waals surface area contributed by atoms with E-state index in [4.69, 9.17) is 4.74 Å². The zero-order chi connectivity index (χ0) is 14.3. The van der Waals surface area contributed by atoms with Gasteiger partial charge in [-0.1, -0.05) is 30.3 Å². The van der Waals surface area contributed by atoms with Crippen LogP contribution < -0.4 is 4.74 Å². The predicted octanol–water partition coefficient (Wildman–Crippen LogP) is 3.48. The molecule has 4 heteroatoms. The molecule has 0 amide bonds. The second kappa shape index (κ2) is 6.70. The largest absolute Gasteiger partial charge is 0.490 e. The third-order valence-corrected chi connectivity index (χ3v) is 3.25. The number of nitrogens with one attached hydrogen (secondary N) is 1. The van der Waals surface area contributed by atoms with Crippen LogP contribution in [0.4, 0.5) is 0 Å². The SMILES string of the molecule is c1ccc(CCCOc2c[nH]nc2-c2cccnc2)cc1. The van der Waals surface area contributed by atoms with Gasteiger partial charge in [0.2, 0.25) is 0 Å². The van der Waals surface area contributed by atoms with Gasteiger partial charge in [0.1, 0.15) is 5.69 Å². The van der Waals surface area contributed by atoms with E-state index in [1.165, 1.54) is 5.56 Å². The van der Waals surface area contributed by atoms with Crippen LogP contribution in [0.2, 0.25) is 0 Å². The van der Waals surface area contributed by atoms with Crippen LogP contribution in [0.3, 0.4) is 0 Å². The Hall–Kier alpha value is -2.62. The van der Waals surface area contributed by atoms with E-state index in [0.717, 1.165) is 29.8 Å². The quantitative estimate of drug-likeness (QED) is 0.703. The highest BCUT2D eigenvalue weighted by molar-refractivity contribution is 5.64. The number of benzene rings is 1. The number of H-pyrrole nitrogens is 1. The van der Waals surface area contributed by atoms with Crippen LogP contribution in [-0.2, 0) is 6.42 Å². The molecule has 0 aliphatic carbocycles. The van der Waals surface area contributed by atoms with E-state index in [9.17, 15) is 0 Å². The van der Waals surface area contributed by atoms with Crippen molar-refractivity contribution in [3.05, 3.63) is 66.6 Å². The van der Waals surface area contributed by atoms with Gasteiger partial charge in [-0.3, -0.25) is 10.1 Å². The van der Waals surface area contributed by atoms with Crippen LogP contribution in [-0.4, -0.2) is 21.8 Å². The zero-order valence-electron chi connectivity index (χ0n) is 11.7. The number of pyridine rings is 1. The van der Waals surface area contributed by atoms with Gasteiger partial charge in [0, 0.05) is 18.0 Å². The van der Waals surface area contributed by atoms with Crippen molar-refractivity contribution in [1.82, 2.24) is 15.2 Å². The molecule has 2 aromatic heterocycles. The van der Waals surface area contributed by atoms with Gasteiger partial charge in [0.15, 0.2) is 5.75 Å². The van der Waals surface area contributed by atoms with Crippen molar-refractivity contribution in [1.29, 1.82) is 0 Å². The second-order valence-corrected chi connectivity index (χ2v) is 4.78. The number of aromatic nitrogens is 3. The number of nitrogens with zero attached hydrogens (tertiary/aromatic N) is 2. The fourth-order valence-electron chi connectivity index (χ4n) is 2.20. The van der Waals surface area contributed by atoms with Crippen molar-refractivity contribution < 1.29 is 4.74 Å². The summed E-state index contributed by atoms with van der Waals surface area (Å²) in [6.07, 6.45) is 7.30. The lowest BCUT2D eigenvalue weighted by atomic mass is 10.1. The minimum absolute atomic E-state index is 0.668. The highest BCUT2D eigenvalue weighted by Gasteiger charge is 2.09. The first-order chi connectivity index (χ1) is 10.4. The van der Waals surface area contributed by atoms with Gasteiger partial charge in [-0.05, 0) is 30.5 Å². The molecule has 0 unspecified atom stereocenters. The predicted molar refractivity (Wildman–Crippen MR) is 82.1 cm³/mol. The fourth-order valence-corrected chi connectivity index (χ4v) is 2.20. The lowest BCUT2D eigenvalue weighted by Gasteiger charge is -2.06. The maximum atomic E-state index is 5.83. The highest BCUT2D eigenvalue weighted by Crippen LogP contribution is 2.26. The zero-order valence-corrected chi connectivity index (χ0v) is 11.7. The van der Waals surface area contributed by atoms with Crippen molar-refractivity contribution in [3.8, 4) is 17.0 Å². The van der Waals surface area contributed by atoms with E-state index in [1.807, 2.05) is 18.2 Å². The maximum absolute atomic E-state index is 5.83. The number of hydrogen-bond donors (Lipinski definition) is 1. The Morgan fingerprint density at radius 3 is 2.76 bits per heavy atom. The number of ether oxygens (including phenoxy) is 1. The summed E-state index contributed by atoms with van der Waals surface area (Å²) in [6.45, 7) is 0.668. The van der Waals surface area contributed by atoms with Crippen molar-refractivity contribution >= 4 is 0 Å². The third-order valence-electron chi connectivity index (χ3n) is 3.25. The standard InChI is InChI=1S/C17H17N3O/c1-2-6-14(7-3-1)8-5-11-21-16-13-19-20-17(16)15-9-4-10-18-12-15/h1-4,6-7,9-10,12-13H,5,8,11H2,(H,19,20). The number of hydrogen-bond acceptors (Lipinski definition) is 3. The van der Waals surface area contributed by atoms with Gasteiger partial charge in [-0.2, -0.15) is 5.10 Å². The molecule has 21 heavy (non-hydrogen) atoms. The molecule has 0 atom stereocenters. The Morgan fingerprint density at radius 2 is 1.95 bits per heavy atom. The van der Waals surface area contributed by atoms with E-state index >= 15 is 0 Å². The van der Waals surface area contributed by atoms with Gasteiger partial charge in [-0.25, -0.2) is 0 Å². The Kier molecular flexibility index (Phi) is 4.27. The normalized spacial score (nSPS) is 10.5. The summed E-state index contributed by atoms with van der Waals surface area (Å²) in [5.41, 5.74) is 3.10. The van der Waals surface area contributed by atoms with Gasteiger partial charge in [-0.15, -0.1) is 0 Å². The average Bonchev–Trinajstić information content (AvgIpc) is 3.02. The molecule has 1 N–H and O–H groups in total. The minimum atomic E-state index is 0.668. The molecule has 0 saturated heterocycles. The molecular formula is C17H17N3O. The van der Waals surface area contributed by atoms with Crippen molar-refractivity contribution in [2.24, 2.45) is 0 Å². The molecular weight excluding hydrogens is 262 g/mol. The van der Waals surface area contributed by atoms with E-state index in [0.29, 0.717) is 6.61 Å². The summed E-state index contributed by atoms with van der Waals surface area (Å²) >= 11 is 0. The molecule has 1 aromatic carbocycles. The average molecular weight is 279 g/mol. The minimum Gasteiger partial charge on any atom is -0.490 e. The molecule has 2 heterocycles. The summed E-state index contributed by atoms with van der Waals surface area (Å²) < 4.78 is 5.83. The van der Waals surface area contributed by atoms with Gasteiger partial charge >= 0.3 is 0 Å². The molecule has 0 saturated carbocycles. The lowest BCUT2D eigenvalue weighted by Crippen LogP contribution is -1.99. The molecule has 3 rings (SSSR count). The fraction of sp³-hybridized carbons (Fsp3) is 0.176. The lowest BCUT2D eigenvalue weighted by molar-refractivity contribution is 0.312. The maximum Gasteiger partial charge on any atom is 0.164 e. The van der Waals surface area contributed by atoms with E-state index in [2.05, 4.69) is 39.4 Å². The van der Waals surface area contributed by atoms with Crippen molar-refractivity contribution in [3.63, 3.8) is 0 Å². The van der Waals surface area contributed by atoms with Gasteiger partial charge < -0.3 is 4.74 Å². The Labute approximate surface area is 123 Å². The highest BCUT2D eigenvalue weighted by atomic mass is 16.5. The monoisotopic (exact) mass is 279 g/mol. The summed E-state index contributed by atoms with van der Waals surface area (Å²) in [4.78, 5) is 4.11. The van der Waals surface area contributed by atoms with Crippen molar-refractivity contribution in [2.75, 3.05) is 6.61 Å². The van der Waals surface area contributed by atoms with Crippen LogP contribution in [0.25, 0.3) is 11.3 Å². The molecule has 0 fully saturated rings. The topological polar surface area (TPSA) is 50.8 Å². The molecule has 0 radical (unpaired) electrons. The number of aromatic amines is 1. The number of aryl methyl sites for hydroxylation is 1. The van der Waals surface area contributed by atoms with Crippen LogP contribution in [0, 0.1) is 0 Å². The molecule has 0 bridgehead atoms. The Bertz CT molecular complexity index is 665. The Balaban J connectivity index is 1.56. The Morgan fingerprint density at radius 1 is 1.05 bits per heavy atom. The van der Waals surface area contributed by atoms with Crippen molar-refractivity contribution in [2.45, 2.75) is 12.8 Å². The first-order valence-electron chi connectivity index (χ1n) is 7.04. The van der Waals surface area contributed by atoms with Gasteiger partial charge in [0.25, 0.3) is 0 Å². The molecule has 0 aliphatic heterocycles. The first-order valence-corrected chi connectivity index (χ1v) is 7.04. The molecule has 0 aliphatic rings. The summed E-state index contributed by atoms with van der Waals surface area (Å²) in [6, 6.07) is 14.3. The molecule has 106 valence electrons. The first kappa shape index (κ1) is 13.4. The summed E-state index contributed by atoms with van der Waals surface area (Å²) in [5.74, 6) is 0.774. The number of rotatable bonds is 6. The van der Waals surface area contributed by atoms with Crippen LogP contribution in [0.1, 0.15) is 12.0 Å². The van der Waals surface area contributed by atoms with Crippen LogP contribution in [0.5, 0.6) is 5.75 Å². The van der Waals surface area contributed by atoms with E-state index < -0.39 is 0 Å². The molecule has 0 spiro atoms. The second-order valence-electron chi connectivity index (χ2n) is 4.78. The van der Waals surface area contributed by atoms with Crippen LogP contribution >= 0.6 is 0 Å². The molecule has 4 nitrogen and oxygen atoms in total. The summed E-state index contributed by atoms with van der Waals surface area (Å²) in [7, 11) is 0. The van der Waals surface area contributed by atoms with E-state index in [-0.39, 0.29) is 0 Å². The van der Waals surface area contributed by atoms with E-state index in [1.54, 1.807) is 18.6 Å². The smallest absolute Gasteiger partial charge is 0.164 e. The molecule has 3 aromatic rings. The van der Waals surface area contributed by atoms with Gasteiger partial charge in [0.05, 0.1) is 12.8 Å².